The van der Waals surface area contributed by atoms with Gasteiger partial charge in [-0.3, -0.25) is 4.79 Å². The summed E-state index contributed by atoms with van der Waals surface area (Å²) in [5, 5.41) is 24.0. The van der Waals surface area contributed by atoms with E-state index in [0.717, 1.165) is 38.2 Å². The van der Waals surface area contributed by atoms with Gasteiger partial charge in [0.15, 0.2) is 0 Å². The second kappa shape index (κ2) is 13.6. The number of carbonyl (C=O) groups is 1. The van der Waals surface area contributed by atoms with Crippen LogP contribution in [0, 0.1) is 28.4 Å². The second-order valence-corrected chi connectivity index (χ2v) is 8.84. The predicted octanol–water partition coefficient (Wildman–Crippen LogP) is 4.68. The molecule has 2 rings (SSSR count). The van der Waals surface area contributed by atoms with Crippen molar-refractivity contribution < 1.29 is 28.5 Å². The number of aryl methyl sites for hydroxylation is 1. The van der Waals surface area contributed by atoms with Crippen molar-refractivity contribution in [2.45, 2.75) is 88.9 Å². The molecular formula is C24H35F2NO5. The van der Waals surface area contributed by atoms with E-state index < -0.39 is 29.9 Å². The lowest BCUT2D eigenvalue weighted by molar-refractivity contribution is -0.140. The summed E-state index contributed by atoms with van der Waals surface area (Å²) in [4.78, 5) is 22.4. The number of hydrogen-bond donors (Lipinski definition) is 2. The van der Waals surface area contributed by atoms with Gasteiger partial charge in [0.2, 0.25) is 0 Å². The van der Waals surface area contributed by atoms with E-state index in [0.29, 0.717) is 44.1 Å². The number of ether oxygens (including phenoxy) is 1. The van der Waals surface area contributed by atoms with E-state index in [1.165, 1.54) is 19.2 Å². The zero-order valence-electron chi connectivity index (χ0n) is 18.7. The van der Waals surface area contributed by atoms with E-state index in [1.807, 2.05) is 0 Å². The van der Waals surface area contributed by atoms with Crippen LogP contribution in [0.4, 0.5) is 8.78 Å². The van der Waals surface area contributed by atoms with Crippen molar-refractivity contribution in [3.05, 3.63) is 40.3 Å². The number of nitrogens with zero attached hydrogens (tertiary/aromatic N) is 1. The van der Waals surface area contributed by atoms with E-state index in [2.05, 4.69) is 9.91 Å². The summed E-state index contributed by atoms with van der Waals surface area (Å²) in [7, 11) is 1.37. The summed E-state index contributed by atoms with van der Waals surface area (Å²) in [6.45, 7) is 0. The first-order valence-corrected chi connectivity index (χ1v) is 11.5. The fourth-order valence-corrected chi connectivity index (χ4v) is 4.78. The van der Waals surface area contributed by atoms with Gasteiger partial charge in [0.05, 0.1) is 25.4 Å². The molecule has 1 aromatic rings. The molecule has 1 aromatic carbocycles. The van der Waals surface area contributed by atoms with Crippen LogP contribution in [0.3, 0.4) is 0 Å². The number of carbonyl (C=O) groups excluding carboxylic acids is 1. The highest BCUT2D eigenvalue weighted by Gasteiger charge is 2.42. The number of halogens is 2. The highest BCUT2D eigenvalue weighted by Crippen LogP contribution is 2.41. The standard InChI is InChI=1S/C24H35F2NO5/c1-32-24(30)7-5-3-2-4-6-20-19(22(27-31)15-23(20)29)13-12-18(28)11-9-16-8-10-17(25)14-21(16)26/h8,10,14,18-20,22-23,28-29H,2-7,9,11-13,15H2,1H3/t18-,19+,20+,22?,23-/m0/s1. The smallest absolute Gasteiger partial charge is 0.305 e. The molecule has 0 radical (unpaired) electrons. The van der Waals surface area contributed by atoms with Crippen LogP contribution in [0.2, 0.25) is 0 Å². The van der Waals surface area contributed by atoms with Gasteiger partial charge in [-0.15, -0.1) is 0 Å². The molecule has 180 valence electrons. The molecule has 5 atom stereocenters. The molecule has 32 heavy (non-hydrogen) atoms. The van der Waals surface area contributed by atoms with Gasteiger partial charge in [0.25, 0.3) is 0 Å². The minimum Gasteiger partial charge on any atom is -0.469 e. The number of benzene rings is 1. The highest BCUT2D eigenvalue weighted by atomic mass is 19.1. The van der Waals surface area contributed by atoms with E-state index in [-0.39, 0.29) is 17.8 Å². The maximum Gasteiger partial charge on any atom is 0.305 e. The molecular weight excluding hydrogens is 420 g/mol. The number of unbranched alkanes of at least 4 members (excludes halogenated alkanes) is 3. The lowest BCUT2D eigenvalue weighted by atomic mass is 9.84. The Morgan fingerprint density at radius 3 is 2.59 bits per heavy atom. The van der Waals surface area contributed by atoms with Crippen molar-refractivity contribution in [3.8, 4) is 0 Å². The van der Waals surface area contributed by atoms with Gasteiger partial charge in [-0.05, 0) is 68.4 Å². The molecule has 0 aliphatic heterocycles. The Morgan fingerprint density at radius 1 is 1.16 bits per heavy atom. The Hall–Kier alpha value is -1.93. The first-order valence-electron chi connectivity index (χ1n) is 11.5. The highest BCUT2D eigenvalue weighted by molar-refractivity contribution is 5.68. The first kappa shape index (κ1) is 26.3. The summed E-state index contributed by atoms with van der Waals surface area (Å²) in [5.74, 6) is -1.59. The van der Waals surface area contributed by atoms with Crippen molar-refractivity contribution in [1.82, 2.24) is 0 Å². The Labute approximate surface area is 188 Å². The molecule has 1 aliphatic carbocycles. The fourth-order valence-electron chi connectivity index (χ4n) is 4.78. The van der Waals surface area contributed by atoms with Gasteiger partial charge in [-0.25, -0.2) is 8.78 Å². The zero-order valence-corrected chi connectivity index (χ0v) is 18.7. The van der Waals surface area contributed by atoms with Crippen LogP contribution < -0.4 is 0 Å². The molecule has 1 saturated carbocycles. The number of methoxy groups -OCH3 is 1. The summed E-state index contributed by atoms with van der Waals surface area (Å²) >= 11 is 0. The molecule has 1 unspecified atom stereocenters. The van der Waals surface area contributed by atoms with Gasteiger partial charge in [-0.1, -0.05) is 30.5 Å². The Balaban J connectivity index is 1.77. The molecule has 0 saturated heterocycles. The summed E-state index contributed by atoms with van der Waals surface area (Å²) in [6.07, 6.45) is 5.37. The lowest BCUT2D eigenvalue weighted by Crippen LogP contribution is -2.23. The van der Waals surface area contributed by atoms with E-state index in [1.54, 1.807) is 0 Å². The molecule has 2 N–H and O–H groups in total. The van der Waals surface area contributed by atoms with Crippen molar-refractivity contribution in [3.63, 3.8) is 0 Å². The van der Waals surface area contributed by atoms with Crippen LogP contribution in [0.5, 0.6) is 0 Å². The third-order valence-electron chi connectivity index (χ3n) is 6.65. The Morgan fingerprint density at radius 2 is 1.91 bits per heavy atom. The first-order chi connectivity index (χ1) is 15.3. The van der Waals surface area contributed by atoms with E-state index in [4.69, 9.17) is 0 Å². The molecule has 0 bridgehead atoms. The van der Waals surface area contributed by atoms with Crippen molar-refractivity contribution >= 4 is 5.97 Å². The quantitative estimate of drug-likeness (QED) is 0.241. The normalized spacial score (nSPS) is 23.8. The number of aliphatic hydroxyl groups excluding tert-OH is 2. The third kappa shape index (κ3) is 8.20. The minimum absolute atomic E-state index is 0.0416. The fraction of sp³-hybridized carbons (Fsp3) is 0.708. The minimum atomic E-state index is -0.677. The monoisotopic (exact) mass is 455 g/mol. The van der Waals surface area contributed by atoms with Gasteiger partial charge < -0.3 is 14.9 Å². The van der Waals surface area contributed by atoms with Crippen LogP contribution in [-0.2, 0) is 16.0 Å². The molecule has 6 nitrogen and oxygen atoms in total. The number of aliphatic hydroxyl groups is 2. The molecule has 0 amide bonds. The van der Waals surface area contributed by atoms with Gasteiger partial charge >= 0.3 is 5.97 Å². The Bertz CT molecular complexity index is 732. The number of esters is 1. The maximum atomic E-state index is 13.8. The number of hydrogen-bond acceptors (Lipinski definition) is 6. The molecule has 0 heterocycles. The van der Waals surface area contributed by atoms with Crippen molar-refractivity contribution in [2.24, 2.45) is 17.0 Å². The molecule has 8 heteroatoms. The van der Waals surface area contributed by atoms with Gasteiger partial charge in [-0.2, -0.15) is 4.91 Å². The molecule has 1 fully saturated rings. The lowest BCUT2D eigenvalue weighted by Gasteiger charge is -2.24. The van der Waals surface area contributed by atoms with Crippen molar-refractivity contribution in [2.75, 3.05) is 7.11 Å². The summed E-state index contributed by atoms with van der Waals surface area (Å²) in [5.41, 5.74) is 0.360. The topological polar surface area (TPSA) is 96.2 Å². The third-order valence-corrected chi connectivity index (χ3v) is 6.65. The SMILES string of the molecule is COC(=O)CCCCCC[C@H]1[C@@H](O)CC(N=O)[C@@H]1CC[C@@H](O)CCc1ccc(F)cc1F. The molecule has 1 aliphatic rings. The largest absolute Gasteiger partial charge is 0.469 e. The molecule has 0 aromatic heterocycles. The average Bonchev–Trinajstić information content (AvgIpc) is 3.08. The van der Waals surface area contributed by atoms with Crippen LogP contribution in [0.25, 0.3) is 0 Å². The van der Waals surface area contributed by atoms with Gasteiger partial charge in [0.1, 0.15) is 11.6 Å². The van der Waals surface area contributed by atoms with Crippen LogP contribution in [-0.4, -0.2) is 41.5 Å². The summed E-state index contributed by atoms with van der Waals surface area (Å²) in [6, 6.07) is 2.96. The predicted molar refractivity (Wildman–Crippen MR) is 117 cm³/mol. The van der Waals surface area contributed by atoms with E-state index >= 15 is 0 Å². The van der Waals surface area contributed by atoms with Crippen LogP contribution in [0.1, 0.15) is 69.8 Å². The Kier molecular flexibility index (Phi) is 11.2. The average molecular weight is 456 g/mol. The summed E-state index contributed by atoms with van der Waals surface area (Å²) < 4.78 is 31.4. The van der Waals surface area contributed by atoms with Crippen molar-refractivity contribution in [1.29, 1.82) is 0 Å². The van der Waals surface area contributed by atoms with Crippen LogP contribution >= 0.6 is 0 Å². The van der Waals surface area contributed by atoms with E-state index in [9.17, 15) is 28.7 Å². The maximum absolute atomic E-state index is 13.8. The van der Waals surface area contributed by atoms with Crippen LogP contribution in [0.15, 0.2) is 23.4 Å². The number of rotatable bonds is 14. The zero-order chi connectivity index (χ0) is 23.5. The number of nitroso groups, excluding NO2 is 1. The second-order valence-electron chi connectivity index (χ2n) is 8.84. The van der Waals surface area contributed by atoms with Gasteiger partial charge in [0, 0.05) is 12.5 Å². The molecule has 0 spiro atoms.